The summed E-state index contributed by atoms with van der Waals surface area (Å²) < 4.78 is 6.37. The summed E-state index contributed by atoms with van der Waals surface area (Å²) in [5.41, 5.74) is 0.967. The van der Waals surface area contributed by atoms with Gasteiger partial charge in [0.15, 0.2) is 0 Å². The van der Waals surface area contributed by atoms with Crippen LogP contribution in [0.4, 0.5) is 0 Å². The molecule has 5 heteroatoms. The predicted molar refractivity (Wildman–Crippen MR) is 104 cm³/mol. The molecular formula is C19H15ClO2S2. The highest BCUT2D eigenvalue weighted by Gasteiger charge is 2.08. The topological polar surface area (TPSA) is 26.3 Å². The minimum absolute atomic E-state index is 0.262. The lowest BCUT2D eigenvalue weighted by molar-refractivity contribution is -0.138. The normalized spacial score (nSPS) is 11.2. The van der Waals surface area contributed by atoms with Gasteiger partial charge in [-0.25, -0.2) is 4.79 Å². The molecule has 1 aromatic heterocycles. The van der Waals surface area contributed by atoms with Gasteiger partial charge in [-0.3, -0.25) is 0 Å². The van der Waals surface area contributed by atoms with Crippen molar-refractivity contribution in [3.63, 3.8) is 0 Å². The fourth-order valence-corrected chi connectivity index (χ4v) is 4.02. The highest BCUT2D eigenvalue weighted by molar-refractivity contribution is 7.98. The van der Waals surface area contributed by atoms with Gasteiger partial charge in [0.25, 0.3) is 0 Å². The number of rotatable bonds is 5. The van der Waals surface area contributed by atoms with Crippen molar-refractivity contribution in [3.8, 4) is 0 Å². The molecule has 0 saturated heterocycles. The van der Waals surface area contributed by atoms with Crippen molar-refractivity contribution in [1.29, 1.82) is 0 Å². The summed E-state index contributed by atoms with van der Waals surface area (Å²) in [6.07, 6.45) is 5.16. The zero-order valence-electron chi connectivity index (χ0n) is 13.0. The van der Waals surface area contributed by atoms with E-state index in [4.69, 9.17) is 16.3 Å². The summed E-state index contributed by atoms with van der Waals surface area (Å²) in [5, 5.41) is 1.68. The van der Waals surface area contributed by atoms with Crippen LogP contribution in [0.3, 0.4) is 0 Å². The first-order valence-corrected chi connectivity index (χ1v) is 9.74. The number of carbonyl (C=O) groups is 1. The van der Waals surface area contributed by atoms with Crippen LogP contribution in [0.25, 0.3) is 16.2 Å². The number of thioether (sulfide) groups is 1. The van der Waals surface area contributed by atoms with E-state index in [0.717, 1.165) is 20.5 Å². The molecule has 0 unspecified atom stereocenters. The number of thiophene rings is 1. The Balaban J connectivity index is 1.62. The monoisotopic (exact) mass is 374 g/mol. The van der Waals surface area contributed by atoms with Crippen molar-refractivity contribution >= 4 is 56.8 Å². The van der Waals surface area contributed by atoms with E-state index in [1.807, 2.05) is 54.8 Å². The van der Waals surface area contributed by atoms with Crippen LogP contribution in [0.1, 0.15) is 10.4 Å². The molecule has 3 aromatic rings. The first kappa shape index (κ1) is 17.1. The lowest BCUT2D eigenvalue weighted by Gasteiger charge is -2.03. The van der Waals surface area contributed by atoms with Gasteiger partial charge < -0.3 is 4.74 Å². The lowest BCUT2D eigenvalue weighted by Crippen LogP contribution is -2.00. The second kappa shape index (κ2) is 7.88. The van der Waals surface area contributed by atoms with Crippen molar-refractivity contribution < 1.29 is 9.53 Å². The molecule has 0 spiro atoms. The summed E-state index contributed by atoms with van der Waals surface area (Å²) in [7, 11) is 0. The molecule has 0 aliphatic rings. The van der Waals surface area contributed by atoms with E-state index in [-0.39, 0.29) is 12.6 Å². The van der Waals surface area contributed by atoms with Crippen molar-refractivity contribution in [2.45, 2.75) is 11.5 Å². The maximum Gasteiger partial charge on any atom is 0.331 e. The maximum absolute atomic E-state index is 11.9. The average molecular weight is 375 g/mol. The summed E-state index contributed by atoms with van der Waals surface area (Å²) in [4.78, 5) is 13.9. The first-order valence-electron chi connectivity index (χ1n) is 7.32. The molecule has 0 saturated carbocycles. The van der Waals surface area contributed by atoms with E-state index >= 15 is 0 Å². The number of carbonyl (C=O) groups excluding carboxylic acids is 1. The van der Waals surface area contributed by atoms with Crippen molar-refractivity contribution in [2.24, 2.45) is 0 Å². The molecule has 3 rings (SSSR count). The second-order valence-electron chi connectivity index (χ2n) is 5.07. The van der Waals surface area contributed by atoms with E-state index in [0.29, 0.717) is 5.02 Å². The fourth-order valence-electron chi connectivity index (χ4n) is 2.21. The van der Waals surface area contributed by atoms with Crippen LogP contribution < -0.4 is 0 Å². The third kappa shape index (κ3) is 4.01. The number of fused-ring (bicyclic) bond motifs is 1. The van der Waals surface area contributed by atoms with Gasteiger partial charge in [0.1, 0.15) is 6.61 Å². The van der Waals surface area contributed by atoms with E-state index in [1.165, 1.54) is 11.0 Å². The van der Waals surface area contributed by atoms with E-state index < -0.39 is 0 Å². The van der Waals surface area contributed by atoms with Gasteiger partial charge in [-0.1, -0.05) is 41.9 Å². The Morgan fingerprint density at radius 2 is 1.96 bits per heavy atom. The zero-order chi connectivity index (χ0) is 16.9. The summed E-state index contributed by atoms with van der Waals surface area (Å²) >= 11 is 9.58. The van der Waals surface area contributed by atoms with Crippen LogP contribution in [0.2, 0.25) is 5.02 Å². The second-order valence-corrected chi connectivity index (χ2v) is 7.41. The van der Waals surface area contributed by atoms with Crippen LogP contribution in [0, 0.1) is 0 Å². The van der Waals surface area contributed by atoms with Crippen LogP contribution in [0.5, 0.6) is 0 Å². The van der Waals surface area contributed by atoms with Gasteiger partial charge in [0.05, 0.1) is 5.02 Å². The van der Waals surface area contributed by atoms with Crippen LogP contribution in [0.15, 0.2) is 59.5 Å². The fraction of sp³-hybridized carbons (Fsp3) is 0.105. The van der Waals surface area contributed by atoms with Gasteiger partial charge in [-0.15, -0.1) is 23.1 Å². The Morgan fingerprint density at radius 3 is 2.67 bits per heavy atom. The number of ether oxygens (including phenoxy) is 1. The molecule has 0 radical (unpaired) electrons. The van der Waals surface area contributed by atoms with Gasteiger partial charge in [0.2, 0.25) is 0 Å². The summed E-state index contributed by atoms with van der Waals surface area (Å²) in [5.74, 6) is -0.377. The molecule has 0 amide bonds. The first-order chi connectivity index (χ1) is 11.7. The van der Waals surface area contributed by atoms with Crippen LogP contribution >= 0.6 is 34.7 Å². The largest absolute Gasteiger partial charge is 0.458 e. The standard InChI is InChI=1S/C19H15ClO2S2/c1-23-14-8-6-13(7-9-14)12-22-18(21)11-10-17-19(20)15-4-2-3-5-16(15)24-17/h2-11H,12H2,1H3/b11-10+. The third-order valence-corrected chi connectivity index (χ3v) is 5.87. The Hall–Kier alpha value is -1.75. The smallest absolute Gasteiger partial charge is 0.331 e. The molecule has 2 aromatic carbocycles. The van der Waals surface area contributed by atoms with E-state index in [2.05, 4.69) is 0 Å². The van der Waals surface area contributed by atoms with Crippen molar-refractivity contribution in [2.75, 3.05) is 6.26 Å². The number of hydrogen-bond donors (Lipinski definition) is 0. The predicted octanol–water partition coefficient (Wildman–Crippen LogP) is 6.03. The highest BCUT2D eigenvalue weighted by atomic mass is 35.5. The minimum Gasteiger partial charge on any atom is -0.458 e. The van der Waals surface area contributed by atoms with Crippen molar-refractivity contribution in [3.05, 3.63) is 70.1 Å². The number of halogens is 1. The average Bonchev–Trinajstić information content (AvgIpc) is 2.95. The zero-order valence-corrected chi connectivity index (χ0v) is 15.4. The summed E-state index contributed by atoms with van der Waals surface area (Å²) in [6, 6.07) is 15.9. The molecule has 0 N–H and O–H groups in total. The molecule has 0 atom stereocenters. The molecule has 0 aliphatic heterocycles. The van der Waals surface area contributed by atoms with Crippen LogP contribution in [-0.2, 0) is 16.1 Å². The van der Waals surface area contributed by atoms with Gasteiger partial charge >= 0.3 is 5.97 Å². The summed E-state index contributed by atoms with van der Waals surface area (Å²) in [6.45, 7) is 0.262. The molecule has 1 heterocycles. The van der Waals surface area contributed by atoms with Gasteiger partial charge in [0, 0.05) is 25.9 Å². The molecule has 122 valence electrons. The molecule has 2 nitrogen and oxygen atoms in total. The Labute approximate surface area is 154 Å². The lowest BCUT2D eigenvalue weighted by atomic mass is 10.2. The molecule has 0 aliphatic carbocycles. The quantitative estimate of drug-likeness (QED) is 0.309. The number of benzene rings is 2. The highest BCUT2D eigenvalue weighted by Crippen LogP contribution is 2.35. The van der Waals surface area contributed by atoms with Crippen LogP contribution in [-0.4, -0.2) is 12.2 Å². The van der Waals surface area contributed by atoms with E-state index in [1.54, 1.807) is 29.2 Å². The molecule has 24 heavy (non-hydrogen) atoms. The number of esters is 1. The molecule has 0 bridgehead atoms. The maximum atomic E-state index is 11.9. The minimum atomic E-state index is -0.377. The Bertz CT molecular complexity index is 882. The molecule has 0 fully saturated rings. The Kier molecular flexibility index (Phi) is 5.61. The Morgan fingerprint density at radius 1 is 1.21 bits per heavy atom. The van der Waals surface area contributed by atoms with E-state index in [9.17, 15) is 4.79 Å². The van der Waals surface area contributed by atoms with Crippen molar-refractivity contribution in [1.82, 2.24) is 0 Å². The van der Waals surface area contributed by atoms with Gasteiger partial charge in [-0.2, -0.15) is 0 Å². The third-order valence-electron chi connectivity index (χ3n) is 3.47. The SMILES string of the molecule is CSc1ccc(COC(=O)/C=C/c2sc3ccccc3c2Cl)cc1. The molecular weight excluding hydrogens is 360 g/mol. The number of hydrogen-bond acceptors (Lipinski definition) is 4. The van der Waals surface area contributed by atoms with Gasteiger partial charge in [-0.05, 0) is 36.1 Å².